The highest BCUT2D eigenvalue weighted by Crippen LogP contribution is 2.32. The first kappa shape index (κ1) is 24.9. The van der Waals surface area contributed by atoms with Crippen LogP contribution < -0.4 is 21.5 Å². The van der Waals surface area contributed by atoms with E-state index in [1.54, 1.807) is 48.5 Å². The number of hydrazine groups is 1. The molecule has 5 aromatic rings. The Bertz CT molecular complexity index is 1530. The van der Waals surface area contributed by atoms with Gasteiger partial charge in [-0.25, -0.2) is 10.6 Å². The average Bonchev–Trinajstić information content (AvgIpc) is 3.44. The first-order chi connectivity index (χ1) is 18.5. The third kappa shape index (κ3) is 5.49. The van der Waals surface area contributed by atoms with Crippen molar-refractivity contribution < 1.29 is 14.4 Å². The van der Waals surface area contributed by atoms with Crippen molar-refractivity contribution in [2.24, 2.45) is 5.84 Å². The number of para-hydroxylation sites is 2. The lowest BCUT2D eigenvalue weighted by Gasteiger charge is -2.18. The molecule has 0 radical (unpaired) electrons. The first-order valence-corrected chi connectivity index (χ1v) is 12.7. The van der Waals surface area contributed by atoms with Gasteiger partial charge in [0.15, 0.2) is 0 Å². The molecule has 1 heterocycles. The van der Waals surface area contributed by atoms with Gasteiger partial charge in [0.1, 0.15) is 21.5 Å². The standard InChI is InChI=1S/C29H25N5O3S/c1-2-36-24-17-15-20(16-18-24)19-7-9-21(10-8-19)27-32-33-28(38-27)22-11-13-23(14-12-22)29(35)37-34(31)26-6-4-3-5-25(26)30/h3-18H,2,30-31H2,1H3. The van der Waals surface area contributed by atoms with Crippen LogP contribution in [0.15, 0.2) is 97.1 Å². The molecule has 0 atom stereocenters. The molecule has 0 bridgehead atoms. The van der Waals surface area contributed by atoms with Crippen molar-refractivity contribution in [1.82, 2.24) is 10.2 Å². The summed E-state index contributed by atoms with van der Waals surface area (Å²) in [6.45, 7) is 2.61. The number of ether oxygens (including phenoxy) is 1. The van der Waals surface area contributed by atoms with Gasteiger partial charge in [0, 0.05) is 11.1 Å². The second-order valence-corrected chi connectivity index (χ2v) is 9.27. The minimum atomic E-state index is -0.604. The zero-order valence-electron chi connectivity index (χ0n) is 20.6. The van der Waals surface area contributed by atoms with Crippen LogP contribution in [-0.4, -0.2) is 22.8 Å². The summed E-state index contributed by atoms with van der Waals surface area (Å²) in [5.41, 5.74) is 11.1. The monoisotopic (exact) mass is 523 g/mol. The smallest absolute Gasteiger partial charge is 0.365 e. The van der Waals surface area contributed by atoms with Gasteiger partial charge in [-0.05, 0) is 54.4 Å². The van der Waals surface area contributed by atoms with E-state index in [0.717, 1.165) is 43.2 Å². The third-order valence-electron chi connectivity index (χ3n) is 5.78. The van der Waals surface area contributed by atoms with Crippen LogP contribution in [0.25, 0.3) is 32.3 Å². The second kappa shape index (κ2) is 11.1. The van der Waals surface area contributed by atoms with Crippen LogP contribution in [0.1, 0.15) is 17.3 Å². The van der Waals surface area contributed by atoms with Crippen molar-refractivity contribution in [3.05, 3.63) is 103 Å². The Morgan fingerprint density at radius 3 is 1.89 bits per heavy atom. The Morgan fingerprint density at radius 1 is 0.789 bits per heavy atom. The summed E-state index contributed by atoms with van der Waals surface area (Å²) < 4.78 is 5.52. The summed E-state index contributed by atoms with van der Waals surface area (Å²) in [7, 11) is 0. The zero-order chi connectivity index (χ0) is 26.5. The Morgan fingerprint density at radius 2 is 1.32 bits per heavy atom. The number of carbonyl (C=O) groups is 1. The molecule has 0 saturated carbocycles. The minimum Gasteiger partial charge on any atom is -0.494 e. The number of aromatic nitrogens is 2. The molecule has 0 amide bonds. The molecule has 4 N–H and O–H groups in total. The number of anilines is 2. The fourth-order valence-corrected chi connectivity index (χ4v) is 4.65. The molecule has 5 rings (SSSR count). The predicted molar refractivity (Wildman–Crippen MR) is 150 cm³/mol. The van der Waals surface area contributed by atoms with Crippen LogP contribution >= 0.6 is 11.3 Å². The number of carbonyl (C=O) groups excluding carboxylic acids is 1. The molecule has 0 aliphatic carbocycles. The maximum absolute atomic E-state index is 12.5. The summed E-state index contributed by atoms with van der Waals surface area (Å²) in [6, 6.07) is 30.0. The number of rotatable bonds is 8. The molecule has 1 aromatic heterocycles. The highest BCUT2D eigenvalue weighted by Gasteiger charge is 2.15. The van der Waals surface area contributed by atoms with E-state index in [2.05, 4.69) is 22.3 Å². The Hall–Kier alpha value is -4.73. The summed E-state index contributed by atoms with van der Waals surface area (Å²) in [6.07, 6.45) is 0. The van der Waals surface area contributed by atoms with Crippen LogP contribution in [0.5, 0.6) is 5.75 Å². The van der Waals surface area contributed by atoms with Gasteiger partial charge >= 0.3 is 5.97 Å². The number of hydrogen-bond donors (Lipinski definition) is 2. The normalized spacial score (nSPS) is 10.7. The summed E-state index contributed by atoms with van der Waals surface area (Å²) in [5.74, 6) is 6.12. The van der Waals surface area contributed by atoms with E-state index in [1.807, 2.05) is 43.3 Å². The number of hydrogen-bond acceptors (Lipinski definition) is 9. The molecule has 0 saturated heterocycles. The van der Waals surface area contributed by atoms with E-state index in [4.69, 9.17) is 21.2 Å². The lowest BCUT2D eigenvalue weighted by atomic mass is 10.0. The van der Waals surface area contributed by atoms with E-state index >= 15 is 0 Å². The van der Waals surface area contributed by atoms with E-state index in [0.29, 0.717) is 23.5 Å². The lowest BCUT2D eigenvalue weighted by Crippen LogP contribution is -2.34. The average molecular weight is 524 g/mol. The fourth-order valence-electron chi connectivity index (χ4n) is 3.80. The van der Waals surface area contributed by atoms with Crippen molar-refractivity contribution in [3.63, 3.8) is 0 Å². The van der Waals surface area contributed by atoms with Crippen LogP contribution in [0.3, 0.4) is 0 Å². The van der Waals surface area contributed by atoms with Crippen molar-refractivity contribution in [2.75, 3.05) is 17.5 Å². The van der Waals surface area contributed by atoms with Gasteiger partial charge in [-0.2, -0.15) is 0 Å². The summed E-state index contributed by atoms with van der Waals surface area (Å²) in [4.78, 5) is 17.8. The molecule has 0 aliphatic rings. The van der Waals surface area contributed by atoms with Gasteiger partial charge in [-0.15, -0.1) is 15.4 Å². The van der Waals surface area contributed by atoms with Crippen molar-refractivity contribution in [3.8, 4) is 38.0 Å². The quantitative estimate of drug-likeness (QED) is 0.145. The van der Waals surface area contributed by atoms with Gasteiger partial charge in [-0.1, -0.05) is 72.0 Å². The zero-order valence-corrected chi connectivity index (χ0v) is 21.4. The molecular formula is C29H25N5O3S. The Balaban J connectivity index is 1.25. The largest absolute Gasteiger partial charge is 0.494 e. The van der Waals surface area contributed by atoms with Crippen LogP contribution in [0.2, 0.25) is 0 Å². The Labute approximate surface area is 224 Å². The molecule has 38 heavy (non-hydrogen) atoms. The number of nitrogen functional groups attached to an aromatic ring is 1. The van der Waals surface area contributed by atoms with Gasteiger partial charge in [0.05, 0.1) is 17.9 Å². The highest BCUT2D eigenvalue weighted by atomic mass is 32.1. The summed E-state index contributed by atoms with van der Waals surface area (Å²) in [5, 5.41) is 11.1. The molecule has 9 heteroatoms. The first-order valence-electron chi connectivity index (χ1n) is 11.9. The van der Waals surface area contributed by atoms with Crippen LogP contribution in [0.4, 0.5) is 11.4 Å². The van der Waals surface area contributed by atoms with Gasteiger partial charge < -0.3 is 15.3 Å². The third-order valence-corrected chi connectivity index (χ3v) is 6.80. The SMILES string of the molecule is CCOc1ccc(-c2ccc(-c3nnc(-c4ccc(C(=O)ON(N)c5ccccc5N)cc4)s3)cc2)cc1. The van der Waals surface area contributed by atoms with Crippen LogP contribution in [0, 0.1) is 0 Å². The van der Waals surface area contributed by atoms with Crippen molar-refractivity contribution in [2.45, 2.75) is 6.92 Å². The molecule has 0 aliphatic heterocycles. The molecule has 8 nitrogen and oxygen atoms in total. The number of nitrogens with two attached hydrogens (primary N) is 2. The van der Waals surface area contributed by atoms with Gasteiger partial charge in [0.2, 0.25) is 0 Å². The molecule has 4 aromatic carbocycles. The summed E-state index contributed by atoms with van der Waals surface area (Å²) >= 11 is 1.47. The fraction of sp³-hybridized carbons (Fsp3) is 0.0690. The van der Waals surface area contributed by atoms with E-state index < -0.39 is 5.97 Å². The van der Waals surface area contributed by atoms with Gasteiger partial charge in [0.25, 0.3) is 0 Å². The van der Waals surface area contributed by atoms with Gasteiger partial charge in [-0.3, -0.25) is 0 Å². The molecule has 0 fully saturated rings. The Kier molecular flexibility index (Phi) is 7.30. The number of benzene rings is 4. The van der Waals surface area contributed by atoms with Crippen molar-refractivity contribution in [1.29, 1.82) is 0 Å². The molecular weight excluding hydrogens is 498 g/mol. The van der Waals surface area contributed by atoms with Crippen LogP contribution in [-0.2, 0) is 4.84 Å². The molecule has 0 spiro atoms. The van der Waals surface area contributed by atoms with Crippen molar-refractivity contribution >= 4 is 28.7 Å². The predicted octanol–water partition coefficient (Wildman–Crippen LogP) is 5.97. The number of nitrogens with zero attached hydrogens (tertiary/aromatic N) is 3. The van der Waals surface area contributed by atoms with E-state index in [1.165, 1.54) is 11.3 Å². The molecule has 0 unspecified atom stereocenters. The topological polar surface area (TPSA) is 117 Å². The van der Waals surface area contributed by atoms with E-state index in [9.17, 15) is 4.79 Å². The maximum atomic E-state index is 12.5. The maximum Gasteiger partial charge on any atom is 0.365 e. The minimum absolute atomic E-state index is 0.341. The van der Waals surface area contributed by atoms with E-state index in [-0.39, 0.29) is 0 Å². The highest BCUT2D eigenvalue weighted by molar-refractivity contribution is 7.17. The molecule has 190 valence electrons. The second-order valence-electron chi connectivity index (χ2n) is 8.29. The lowest BCUT2D eigenvalue weighted by molar-refractivity contribution is 0.0451.